The summed E-state index contributed by atoms with van der Waals surface area (Å²) in [5, 5.41) is 0.173. The number of hydrogen-bond donors (Lipinski definition) is 0. The summed E-state index contributed by atoms with van der Waals surface area (Å²) >= 11 is 1.15. The molecule has 0 heterocycles. The molecule has 0 aliphatic carbocycles. The smallest absolute Gasteiger partial charge is 0.436 e. The van der Waals surface area contributed by atoms with Crippen LogP contribution in [0.5, 0.6) is 0 Å². The van der Waals surface area contributed by atoms with Crippen LogP contribution in [-0.2, 0) is 14.2 Å². The summed E-state index contributed by atoms with van der Waals surface area (Å²) in [6, 6.07) is 0.965. The number of carbonyl (C=O) groups is 2. The molecule has 2 amide bonds. The Morgan fingerprint density at radius 1 is 1.00 bits per heavy atom. The maximum Gasteiger partial charge on any atom is 0.436 e. The van der Waals surface area contributed by atoms with Gasteiger partial charge in [0.1, 0.15) is 17.9 Å². The first-order valence-electron chi connectivity index (χ1n) is 8.98. The molecular weight excluding hydrogens is 384 g/mol. The maximum absolute atomic E-state index is 12.6. The van der Waals surface area contributed by atoms with Gasteiger partial charge in [0.05, 0.1) is 0 Å². The number of aliphatic imine (C=N–C) groups is 1. The number of rotatable bonds is 5. The molecule has 158 valence electrons. The monoisotopic (exact) mass is 420 g/mol. The molecule has 7 nitrogen and oxygen atoms in total. The zero-order chi connectivity index (χ0) is 21.5. The van der Waals surface area contributed by atoms with Crippen molar-refractivity contribution < 1.29 is 23.8 Å². The zero-order valence-electron chi connectivity index (χ0n) is 18.5. The number of carbonyl (C=O) groups excluding carboxylic acids is 2. The van der Waals surface area contributed by atoms with E-state index in [0.717, 1.165) is 17.8 Å². The third-order valence-corrected chi connectivity index (χ3v) is 5.21. The SMILES string of the molecule is CS/C(=N\C(=O)OC(C)(C)C)N(COCC[Si](C)(C)C)C(=O)OC(C)(C)C. The van der Waals surface area contributed by atoms with Crippen LogP contribution in [0.25, 0.3) is 0 Å². The quantitative estimate of drug-likeness (QED) is 0.200. The van der Waals surface area contributed by atoms with Crippen molar-refractivity contribution in [2.45, 2.75) is 78.4 Å². The van der Waals surface area contributed by atoms with Crippen molar-refractivity contribution in [2.75, 3.05) is 19.6 Å². The standard InChI is InChI=1S/C18H36N2O5SSi/c1-17(2,3)24-15(21)19-14(26-7)20(16(22)25-18(4,5)6)13-23-11-12-27(8,9)10/h11-13H2,1-10H3/b19-14-. The minimum absolute atomic E-state index is 0.0398. The number of amidine groups is 1. The second-order valence-electron chi connectivity index (χ2n) is 9.34. The van der Waals surface area contributed by atoms with Crippen LogP contribution < -0.4 is 0 Å². The highest BCUT2D eigenvalue weighted by Crippen LogP contribution is 2.16. The molecule has 9 heteroatoms. The highest BCUT2D eigenvalue weighted by atomic mass is 32.2. The Balaban J connectivity index is 5.32. The van der Waals surface area contributed by atoms with Crippen LogP contribution in [-0.4, -0.2) is 61.1 Å². The summed E-state index contributed by atoms with van der Waals surface area (Å²) in [5.41, 5.74) is -1.35. The average molecular weight is 421 g/mol. The lowest BCUT2D eigenvalue weighted by Crippen LogP contribution is -2.41. The molecule has 0 aliphatic rings. The van der Waals surface area contributed by atoms with Crippen molar-refractivity contribution >= 4 is 37.2 Å². The van der Waals surface area contributed by atoms with E-state index in [9.17, 15) is 9.59 Å². The summed E-state index contributed by atoms with van der Waals surface area (Å²) in [5.74, 6) is 0. The van der Waals surface area contributed by atoms with Crippen LogP contribution in [0.3, 0.4) is 0 Å². The minimum atomic E-state index is -1.25. The van der Waals surface area contributed by atoms with E-state index in [1.165, 1.54) is 4.90 Å². The number of ether oxygens (including phenoxy) is 3. The third-order valence-electron chi connectivity index (χ3n) is 2.82. The fraction of sp³-hybridized carbons (Fsp3) is 0.833. The van der Waals surface area contributed by atoms with Crippen molar-refractivity contribution in [3.05, 3.63) is 0 Å². The van der Waals surface area contributed by atoms with Crippen molar-refractivity contribution in [3.63, 3.8) is 0 Å². The van der Waals surface area contributed by atoms with E-state index in [4.69, 9.17) is 14.2 Å². The Labute approximate surface area is 169 Å². The Hall–Kier alpha value is -1.06. The summed E-state index contributed by atoms with van der Waals surface area (Å²) in [6.45, 7) is 17.8. The van der Waals surface area contributed by atoms with E-state index in [2.05, 4.69) is 24.6 Å². The van der Waals surface area contributed by atoms with Gasteiger partial charge >= 0.3 is 12.2 Å². The van der Waals surface area contributed by atoms with Gasteiger partial charge in [0, 0.05) is 14.7 Å². The van der Waals surface area contributed by atoms with E-state index >= 15 is 0 Å². The molecule has 0 rings (SSSR count). The molecule has 0 aromatic rings. The molecule has 0 unspecified atom stereocenters. The van der Waals surface area contributed by atoms with Crippen LogP contribution in [0.1, 0.15) is 41.5 Å². The lowest BCUT2D eigenvalue weighted by atomic mass is 10.2. The molecule has 0 bridgehead atoms. The Morgan fingerprint density at radius 2 is 1.52 bits per heavy atom. The van der Waals surface area contributed by atoms with E-state index in [0.29, 0.717) is 6.61 Å². The van der Waals surface area contributed by atoms with Crippen LogP contribution in [0, 0.1) is 0 Å². The summed E-state index contributed by atoms with van der Waals surface area (Å²) in [4.78, 5) is 29.8. The maximum atomic E-state index is 12.6. The van der Waals surface area contributed by atoms with E-state index in [-0.39, 0.29) is 11.9 Å². The summed E-state index contributed by atoms with van der Waals surface area (Å²) in [7, 11) is -1.25. The zero-order valence-corrected chi connectivity index (χ0v) is 20.3. The Kier molecular flexibility index (Phi) is 10.1. The normalized spacial score (nSPS) is 13.3. The van der Waals surface area contributed by atoms with Gasteiger partial charge in [-0.3, -0.25) is 0 Å². The number of thioether (sulfide) groups is 1. The predicted molar refractivity (Wildman–Crippen MR) is 114 cm³/mol. The number of hydrogen-bond acceptors (Lipinski definition) is 6. The number of amides is 2. The second-order valence-corrected chi connectivity index (χ2v) is 15.7. The van der Waals surface area contributed by atoms with Crippen LogP contribution in [0.2, 0.25) is 25.7 Å². The van der Waals surface area contributed by atoms with Gasteiger partial charge in [-0.25, -0.2) is 14.5 Å². The largest absolute Gasteiger partial charge is 0.443 e. The van der Waals surface area contributed by atoms with Gasteiger partial charge in [0.25, 0.3) is 0 Å². The molecule has 0 saturated carbocycles. The molecule has 0 atom stereocenters. The van der Waals surface area contributed by atoms with Gasteiger partial charge in [0.2, 0.25) is 0 Å². The molecule has 0 aliphatic heterocycles. The molecule has 0 aromatic carbocycles. The third kappa shape index (κ3) is 13.7. The van der Waals surface area contributed by atoms with Crippen molar-refractivity contribution in [1.29, 1.82) is 0 Å². The van der Waals surface area contributed by atoms with Crippen molar-refractivity contribution in [2.24, 2.45) is 4.99 Å². The lowest BCUT2D eigenvalue weighted by molar-refractivity contribution is 0.0112. The molecule has 0 spiro atoms. The minimum Gasteiger partial charge on any atom is -0.443 e. The van der Waals surface area contributed by atoms with Crippen LogP contribution in [0.15, 0.2) is 4.99 Å². The van der Waals surface area contributed by atoms with Gasteiger partial charge in [-0.15, -0.1) is 0 Å². The van der Waals surface area contributed by atoms with Crippen LogP contribution >= 0.6 is 11.8 Å². The summed E-state index contributed by atoms with van der Waals surface area (Å²) < 4.78 is 16.3. The molecule has 0 saturated heterocycles. The fourth-order valence-corrected chi connectivity index (χ4v) is 2.89. The van der Waals surface area contributed by atoms with Gasteiger partial charge < -0.3 is 14.2 Å². The van der Waals surface area contributed by atoms with Gasteiger partial charge in [-0.2, -0.15) is 4.99 Å². The lowest BCUT2D eigenvalue weighted by Gasteiger charge is -2.27. The van der Waals surface area contributed by atoms with Gasteiger partial charge in [-0.05, 0) is 53.8 Å². The fourth-order valence-electron chi connectivity index (χ4n) is 1.62. The van der Waals surface area contributed by atoms with Gasteiger partial charge in [-0.1, -0.05) is 31.4 Å². The first kappa shape index (κ1) is 25.9. The van der Waals surface area contributed by atoms with Crippen LogP contribution in [0.4, 0.5) is 9.59 Å². The van der Waals surface area contributed by atoms with Crippen molar-refractivity contribution in [3.8, 4) is 0 Å². The first-order valence-corrected chi connectivity index (χ1v) is 13.9. The first-order chi connectivity index (χ1) is 12.0. The predicted octanol–water partition coefficient (Wildman–Crippen LogP) is 5.19. The molecule has 0 aromatic heterocycles. The molecular formula is C18H36N2O5SSi. The second kappa shape index (κ2) is 10.5. The molecule has 0 radical (unpaired) electrons. The van der Waals surface area contributed by atoms with E-state index in [1.807, 2.05) is 0 Å². The van der Waals surface area contributed by atoms with E-state index < -0.39 is 31.5 Å². The Morgan fingerprint density at radius 3 is 1.93 bits per heavy atom. The molecule has 0 fully saturated rings. The van der Waals surface area contributed by atoms with Crippen molar-refractivity contribution in [1.82, 2.24) is 4.90 Å². The topological polar surface area (TPSA) is 77.4 Å². The van der Waals surface area contributed by atoms with E-state index in [1.54, 1.807) is 47.8 Å². The molecule has 27 heavy (non-hydrogen) atoms. The van der Waals surface area contributed by atoms with Gasteiger partial charge in [0.15, 0.2) is 5.17 Å². The molecule has 0 N–H and O–H groups in total. The highest BCUT2D eigenvalue weighted by molar-refractivity contribution is 8.13. The summed E-state index contributed by atoms with van der Waals surface area (Å²) in [6.07, 6.45) is 0.345. The number of nitrogens with zero attached hydrogens (tertiary/aromatic N) is 2. The Bertz CT molecular complexity index is 533. The average Bonchev–Trinajstić information content (AvgIpc) is 2.40. The highest BCUT2D eigenvalue weighted by Gasteiger charge is 2.27.